The minimum atomic E-state index is -0.268. The predicted octanol–water partition coefficient (Wildman–Crippen LogP) is 1.98. The number of aromatic nitrogens is 4. The third kappa shape index (κ3) is 3.24. The highest BCUT2D eigenvalue weighted by Gasteiger charge is 2.23. The largest absolute Gasteiger partial charge is 0.396 e. The molecule has 7 nitrogen and oxygen atoms in total. The molecule has 0 spiro atoms. The van der Waals surface area contributed by atoms with Gasteiger partial charge in [0.1, 0.15) is 11.3 Å². The summed E-state index contributed by atoms with van der Waals surface area (Å²) in [6.07, 6.45) is 6.26. The zero-order valence-corrected chi connectivity index (χ0v) is 13.6. The van der Waals surface area contributed by atoms with E-state index in [0.717, 1.165) is 30.6 Å². The Morgan fingerprint density at radius 1 is 1.35 bits per heavy atom. The second-order valence-electron chi connectivity index (χ2n) is 6.20. The number of anilines is 1. The minimum absolute atomic E-state index is 0.110. The van der Waals surface area contributed by atoms with Crippen LogP contribution in [0.4, 0.5) is 5.82 Å². The normalized spacial score (nSPS) is 15.6. The number of imidazole rings is 1. The summed E-state index contributed by atoms with van der Waals surface area (Å²) >= 11 is 0. The van der Waals surface area contributed by atoms with E-state index in [1.54, 1.807) is 4.57 Å². The van der Waals surface area contributed by atoms with Crippen molar-refractivity contribution in [2.45, 2.75) is 57.9 Å². The molecular formula is C16H25N5O2. The molecule has 1 fully saturated rings. The van der Waals surface area contributed by atoms with Crippen molar-refractivity contribution in [3.63, 3.8) is 0 Å². The zero-order chi connectivity index (χ0) is 16.2. The number of fused-ring (bicyclic) bond motifs is 1. The van der Waals surface area contributed by atoms with Gasteiger partial charge in [0.15, 0.2) is 11.5 Å². The fourth-order valence-electron chi connectivity index (χ4n) is 3.28. The number of H-pyrrole nitrogens is 1. The lowest BCUT2D eigenvalue weighted by molar-refractivity contribution is 0.292. The molecule has 0 amide bonds. The van der Waals surface area contributed by atoms with Crippen molar-refractivity contribution in [3.05, 3.63) is 16.3 Å². The van der Waals surface area contributed by atoms with Gasteiger partial charge < -0.3 is 15.4 Å². The van der Waals surface area contributed by atoms with Gasteiger partial charge >= 0.3 is 5.69 Å². The molecule has 2 aromatic heterocycles. The first kappa shape index (κ1) is 16.0. The number of aryl methyl sites for hydroxylation is 1. The van der Waals surface area contributed by atoms with Gasteiger partial charge in [-0.3, -0.25) is 4.57 Å². The van der Waals surface area contributed by atoms with Gasteiger partial charge in [0.05, 0.1) is 0 Å². The van der Waals surface area contributed by atoms with Gasteiger partial charge in [-0.25, -0.2) is 9.78 Å². The highest BCUT2D eigenvalue weighted by molar-refractivity contribution is 5.83. The second kappa shape index (κ2) is 7.12. The van der Waals surface area contributed by atoms with Crippen molar-refractivity contribution in [2.75, 3.05) is 18.5 Å². The minimum Gasteiger partial charge on any atom is -0.396 e. The molecule has 2 heterocycles. The first-order valence-electron chi connectivity index (χ1n) is 8.59. The summed E-state index contributed by atoms with van der Waals surface area (Å²) in [5, 5.41) is 12.1. The molecule has 23 heavy (non-hydrogen) atoms. The van der Waals surface area contributed by atoms with Crippen LogP contribution in [0, 0.1) is 0 Å². The summed E-state index contributed by atoms with van der Waals surface area (Å²) in [7, 11) is 0. The lowest BCUT2D eigenvalue weighted by atomic mass is 10.1. The molecule has 0 bridgehead atoms. The molecule has 1 aliphatic rings. The van der Waals surface area contributed by atoms with Crippen LogP contribution < -0.4 is 11.0 Å². The molecule has 1 saturated carbocycles. The highest BCUT2D eigenvalue weighted by Crippen LogP contribution is 2.33. The lowest BCUT2D eigenvalue weighted by Gasteiger charge is -2.08. The van der Waals surface area contributed by atoms with Crippen LogP contribution in [0.3, 0.4) is 0 Å². The maximum atomic E-state index is 12.3. The number of nitrogens with zero attached hydrogens (tertiary/aromatic N) is 3. The monoisotopic (exact) mass is 319 g/mol. The summed E-state index contributed by atoms with van der Waals surface area (Å²) in [5.74, 6) is 1.97. The molecule has 3 rings (SSSR count). The van der Waals surface area contributed by atoms with Crippen LogP contribution in [-0.4, -0.2) is 37.8 Å². The van der Waals surface area contributed by atoms with Crippen LogP contribution in [0.2, 0.25) is 0 Å². The second-order valence-corrected chi connectivity index (χ2v) is 6.20. The highest BCUT2D eigenvalue weighted by atomic mass is 16.3. The molecule has 2 aromatic rings. The lowest BCUT2D eigenvalue weighted by Crippen LogP contribution is -2.25. The van der Waals surface area contributed by atoms with E-state index in [4.69, 9.17) is 10.1 Å². The molecule has 0 saturated heterocycles. The van der Waals surface area contributed by atoms with Crippen LogP contribution in [0.1, 0.15) is 57.2 Å². The van der Waals surface area contributed by atoms with Crippen LogP contribution in [0.5, 0.6) is 0 Å². The van der Waals surface area contributed by atoms with Gasteiger partial charge in [-0.15, -0.1) is 0 Å². The van der Waals surface area contributed by atoms with Crippen LogP contribution >= 0.6 is 0 Å². The average molecular weight is 319 g/mol. The zero-order valence-electron chi connectivity index (χ0n) is 13.6. The van der Waals surface area contributed by atoms with Crippen molar-refractivity contribution in [2.24, 2.45) is 0 Å². The van der Waals surface area contributed by atoms with Gasteiger partial charge in [0, 0.05) is 25.6 Å². The molecule has 3 N–H and O–H groups in total. The van der Waals surface area contributed by atoms with Gasteiger partial charge in [-0.05, 0) is 25.7 Å². The Morgan fingerprint density at radius 3 is 2.83 bits per heavy atom. The molecule has 126 valence electrons. The third-order valence-corrected chi connectivity index (χ3v) is 4.45. The standard InChI is InChI=1S/C16H25N5O2/c1-2-9-21-15-12(14(20-16(21)23)17-8-5-10-22)18-13(19-15)11-6-3-4-7-11/h11,22H,2-10H2,1H3,(H,18,19)(H,17,20,23). The summed E-state index contributed by atoms with van der Waals surface area (Å²) < 4.78 is 1.65. The first-order valence-corrected chi connectivity index (χ1v) is 8.59. The van der Waals surface area contributed by atoms with Crippen molar-refractivity contribution < 1.29 is 5.11 Å². The fraction of sp³-hybridized carbons (Fsp3) is 0.688. The van der Waals surface area contributed by atoms with Gasteiger partial charge in [-0.2, -0.15) is 4.98 Å². The van der Waals surface area contributed by atoms with E-state index in [1.807, 2.05) is 6.92 Å². The SMILES string of the molecule is CCCn1c(=O)nc(NCCCO)c2[nH]c(C3CCCC3)nc21. The maximum absolute atomic E-state index is 12.3. The Bertz CT molecular complexity index is 715. The third-order valence-electron chi connectivity index (χ3n) is 4.45. The van der Waals surface area contributed by atoms with E-state index >= 15 is 0 Å². The van der Waals surface area contributed by atoms with Gasteiger partial charge in [0.2, 0.25) is 0 Å². The van der Waals surface area contributed by atoms with E-state index in [-0.39, 0.29) is 12.3 Å². The predicted molar refractivity (Wildman–Crippen MR) is 89.8 cm³/mol. The Hall–Kier alpha value is -1.89. The Labute approximate surface area is 135 Å². The van der Waals surface area contributed by atoms with E-state index in [0.29, 0.717) is 36.9 Å². The van der Waals surface area contributed by atoms with Crippen molar-refractivity contribution in [1.29, 1.82) is 0 Å². The molecule has 0 aromatic carbocycles. The topological polar surface area (TPSA) is 95.8 Å². The quantitative estimate of drug-likeness (QED) is 0.678. The number of aliphatic hydroxyl groups excluding tert-OH is 1. The fourth-order valence-corrected chi connectivity index (χ4v) is 3.28. The summed E-state index contributed by atoms with van der Waals surface area (Å²) in [5.41, 5.74) is 1.23. The van der Waals surface area contributed by atoms with E-state index in [2.05, 4.69) is 15.3 Å². The molecule has 7 heteroatoms. The van der Waals surface area contributed by atoms with Crippen molar-refractivity contribution in [1.82, 2.24) is 19.5 Å². The average Bonchev–Trinajstić information content (AvgIpc) is 3.20. The molecule has 0 aliphatic heterocycles. The first-order chi connectivity index (χ1) is 11.2. The molecule has 1 aliphatic carbocycles. The van der Waals surface area contributed by atoms with Gasteiger partial charge in [-0.1, -0.05) is 19.8 Å². The molecule has 0 radical (unpaired) electrons. The number of hydrogen-bond donors (Lipinski definition) is 3. The number of aliphatic hydroxyl groups is 1. The van der Waals surface area contributed by atoms with Crippen LogP contribution in [-0.2, 0) is 6.54 Å². The maximum Gasteiger partial charge on any atom is 0.351 e. The van der Waals surface area contributed by atoms with E-state index in [9.17, 15) is 4.79 Å². The van der Waals surface area contributed by atoms with E-state index < -0.39 is 0 Å². The van der Waals surface area contributed by atoms with E-state index in [1.165, 1.54) is 12.8 Å². The smallest absolute Gasteiger partial charge is 0.351 e. The summed E-state index contributed by atoms with van der Waals surface area (Å²) in [6.45, 7) is 3.34. The van der Waals surface area contributed by atoms with Gasteiger partial charge in [0.25, 0.3) is 0 Å². The van der Waals surface area contributed by atoms with Crippen molar-refractivity contribution in [3.8, 4) is 0 Å². The Kier molecular flexibility index (Phi) is 4.95. The number of hydrogen-bond acceptors (Lipinski definition) is 5. The molecular weight excluding hydrogens is 294 g/mol. The van der Waals surface area contributed by atoms with Crippen LogP contribution in [0.25, 0.3) is 11.2 Å². The van der Waals surface area contributed by atoms with Crippen molar-refractivity contribution >= 4 is 17.0 Å². The Morgan fingerprint density at radius 2 is 2.13 bits per heavy atom. The number of nitrogens with one attached hydrogen (secondary N) is 2. The summed E-state index contributed by atoms with van der Waals surface area (Å²) in [6, 6.07) is 0. The molecule has 0 unspecified atom stereocenters. The Balaban J connectivity index is 2.04. The number of rotatable bonds is 7. The summed E-state index contributed by atoms with van der Waals surface area (Å²) in [4.78, 5) is 24.6. The number of aromatic amines is 1. The van der Waals surface area contributed by atoms with Crippen LogP contribution in [0.15, 0.2) is 4.79 Å². The molecule has 0 atom stereocenters.